The lowest BCUT2D eigenvalue weighted by Crippen LogP contribution is -2.35. The molecule has 0 rings (SSSR count). The van der Waals surface area contributed by atoms with Gasteiger partial charge in [0.2, 0.25) is 0 Å². The molecule has 1 heteroatoms. The lowest BCUT2D eigenvalue weighted by molar-refractivity contribution is 0.376. The van der Waals surface area contributed by atoms with Crippen LogP contribution in [0.2, 0.25) is 0 Å². The van der Waals surface area contributed by atoms with Crippen molar-refractivity contribution in [1.82, 2.24) is 0 Å². The summed E-state index contributed by atoms with van der Waals surface area (Å²) in [6, 6.07) is 0. The van der Waals surface area contributed by atoms with E-state index in [0.717, 1.165) is 0 Å². The molecule has 0 aliphatic rings. The van der Waals surface area contributed by atoms with Gasteiger partial charge in [0.1, 0.15) is 0 Å². The summed E-state index contributed by atoms with van der Waals surface area (Å²) in [4.78, 5) is 0. The van der Waals surface area contributed by atoms with E-state index < -0.39 is 0 Å². The summed E-state index contributed by atoms with van der Waals surface area (Å²) in [7, 11) is 0. The molecule has 1 atom stereocenters. The van der Waals surface area contributed by atoms with Crippen LogP contribution >= 0.6 is 0 Å². The predicted octanol–water partition coefficient (Wildman–Crippen LogP) is 5.03. The summed E-state index contributed by atoms with van der Waals surface area (Å²) in [5.41, 5.74) is 6.30. The van der Waals surface area contributed by atoms with E-state index in [9.17, 15) is 0 Å². The van der Waals surface area contributed by atoms with Gasteiger partial charge in [0.25, 0.3) is 0 Å². The van der Waals surface area contributed by atoms with Crippen molar-refractivity contribution in [1.29, 1.82) is 0 Å². The van der Waals surface area contributed by atoms with Gasteiger partial charge < -0.3 is 5.73 Å². The topological polar surface area (TPSA) is 26.0 Å². The third-order valence-corrected chi connectivity index (χ3v) is 3.42. The van der Waals surface area contributed by atoms with Crippen molar-refractivity contribution in [3.8, 4) is 0 Å². The molecule has 0 heterocycles. The van der Waals surface area contributed by atoms with Crippen LogP contribution in [-0.4, -0.2) is 5.54 Å². The highest BCUT2D eigenvalue weighted by molar-refractivity contribution is 4.77. The molecule has 0 amide bonds. The zero-order valence-corrected chi connectivity index (χ0v) is 11.9. The van der Waals surface area contributed by atoms with Crippen LogP contribution in [0.4, 0.5) is 0 Å². The average molecular weight is 227 g/mol. The van der Waals surface area contributed by atoms with E-state index in [2.05, 4.69) is 20.8 Å². The van der Waals surface area contributed by atoms with Crippen LogP contribution in [0.5, 0.6) is 0 Å². The molecule has 0 spiro atoms. The van der Waals surface area contributed by atoms with E-state index >= 15 is 0 Å². The lowest BCUT2D eigenvalue weighted by Gasteiger charge is -2.23. The molecule has 1 nitrogen and oxygen atoms in total. The Balaban J connectivity index is 3.20. The van der Waals surface area contributed by atoms with Gasteiger partial charge in [0, 0.05) is 5.54 Å². The Kier molecular flexibility index (Phi) is 10.1. The third-order valence-electron chi connectivity index (χ3n) is 3.42. The maximum absolute atomic E-state index is 6.21. The van der Waals surface area contributed by atoms with E-state index in [0.29, 0.717) is 0 Å². The number of rotatable bonds is 11. The molecule has 0 aromatic rings. The molecule has 0 bridgehead atoms. The van der Waals surface area contributed by atoms with E-state index in [-0.39, 0.29) is 5.54 Å². The normalized spacial score (nSPS) is 15.0. The SMILES string of the molecule is CCCCCCCCCCC(C)(N)CCC. The van der Waals surface area contributed by atoms with Crippen LogP contribution < -0.4 is 5.73 Å². The minimum atomic E-state index is 0.0942. The fourth-order valence-electron chi connectivity index (χ4n) is 2.36. The van der Waals surface area contributed by atoms with Crippen molar-refractivity contribution in [2.45, 2.75) is 96.9 Å². The fourth-order valence-corrected chi connectivity index (χ4v) is 2.36. The summed E-state index contributed by atoms with van der Waals surface area (Å²) in [6.07, 6.45) is 14.7. The van der Waals surface area contributed by atoms with Crippen LogP contribution in [0.3, 0.4) is 0 Å². The minimum absolute atomic E-state index is 0.0942. The van der Waals surface area contributed by atoms with E-state index in [1.165, 1.54) is 70.6 Å². The molecule has 0 saturated carbocycles. The zero-order chi connectivity index (χ0) is 12.3. The molecule has 0 aliphatic carbocycles. The second kappa shape index (κ2) is 10.1. The van der Waals surface area contributed by atoms with Gasteiger partial charge in [-0.3, -0.25) is 0 Å². The van der Waals surface area contributed by atoms with Gasteiger partial charge in [-0.25, -0.2) is 0 Å². The summed E-state index contributed by atoms with van der Waals surface area (Å²) >= 11 is 0. The molecule has 98 valence electrons. The van der Waals surface area contributed by atoms with Crippen LogP contribution in [-0.2, 0) is 0 Å². The Morgan fingerprint density at radius 3 is 1.69 bits per heavy atom. The molecule has 16 heavy (non-hydrogen) atoms. The standard InChI is InChI=1S/C15H33N/c1-4-6-7-8-9-10-11-12-14-15(3,16)13-5-2/h4-14,16H2,1-3H3. The van der Waals surface area contributed by atoms with Crippen LogP contribution in [0.1, 0.15) is 91.4 Å². The highest BCUT2D eigenvalue weighted by Gasteiger charge is 2.15. The van der Waals surface area contributed by atoms with Gasteiger partial charge in [-0.1, -0.05) is 71.6 Å². The van der Waals surface area contributed by atoms with E-state index in [1.807, 2.05) is 0 Å². The lowest BCUT2D eigenvalue weighted by atomic mass is 9.90. The van der Waals surface area contributed by atoms with Gasteiger partial charge >= 0.3 is 0 Å². The van der Waals surface area contributed by atoms with Crippen LogP contribution in [0, 0.1) is 0 Å². The molecule has 2 N–H and O–H groups in total. The molecular formula is C15H33N. The average Bonchev–Trinajstić information content (AvgIpc) is 2.22. The molecular weight excluding hydrogens is 194 g/mol. The Labute approximate surface area is 103 Å². The summed E-state index contributed by atoms with van der Waals surface area (Å²) < 4.78 is 0. The van der Waals surface area contributed by atoms with Crippen molar-refractivity contribution in [2.75, 3.05) is 0 Å². The maximum Gasteiger partial charge on any atom is 0.0125 e. The Hall–Kier alpha value is -0.0400. The third kappa shape index (κ3) is 10.5. The second-order valence-electron chi connectivity index (χ2n) is 5.63. The summed E-state index contributed by atoms with van der Waals surface area (Å²) in [5, 5.41) is 0. The highest BCUT2D eigenvalue weighted by Crippen LogP contribution is 2.18. The van der Waals surface area contributed by atoms with Gasteiger partial charge in [0.15, 0.2) is 0 Å². The van der Waals surface area contributed by atoms with Gasteiger partial charge in [-0.05, 0) is 19.8 Å². The monoisotopic (exact) mass is 227 g/mol. The molecule has 0 aromatic carbocycles. The van der Waals surface area contributed by atoms with Gasteiger partial charge in [0.05, 0.1) is 0 Å². The maximum atomic E-state index is 6.21. The van der Waals surface area contributed by atoms with Gasteiger partial charge in [-0.15, -0.1) is 0 Å². The van der Waals surface area contributed by atoms with Gasteiger partial charge in [-0.2, -0.15) is 0 Å². The quantitative estimate of drug-likeness (QED) is 0.492. The largest absolute Gasteiger partial charge is 0.325 e. The Morgan fingerprint density at radius 2 is 1.19 bits per heavy atom. The summed E-state index contributed by atoms with van der Waals surface area (Å²) in [6.45, 7) is 6.70. The van der Waals surface area contributed by atoms with Crippen molar-refractivity contribution in [2.24, 2.45) is 5.73 Å². The first-order valence-electron chi connectivity index (χ1n) is 7.41. The van der Waals surface area contributed by atoms with E-state index in [4.69, 9.17) is 5.73 Å². The minimum Gasteiger partial charge on any atom is -0.325 e. The van der Waals surface area contributed by atoms with E-state index in [1.54, 1.807) is 0 Å². The molecule has 0 aromatic heterocycles. The first-order valence-corrected chi connectivity index (χ1v) is 7.41. The zero-order valence-electron chi connectivity index (χ0n) is 11.9. The molecule has 1 unspecified atom stereocenters. The van der Waals surface area contributed by atoms with Crippen molar-refractivity contribution >= 4 is 0 Å². The molecule has 0 aliphatic heterocycles. The van der Waals surface area contributed by atoms with Crippen LogP contribution in [0.25, 0.3) is 0 Å². The summed E-state index contributed by atoms with van der Waals surface area (Å²) in [5.74, 6) is 0. The molecule has 0 saturated heterocycles. The van der Waals surface area contributed by atoms with Crippen molar-refractivity contribution < 1.29 is 0 Å². The number of hydrogen-bond donors (Lipinski definition) is 1. The number of hydrogen-bond acceptors (Lipinski definition) is 1. The van der Waals surface area contributed by atoms with Crippen LogP contribution in [0.15, 0.2) is 0 Å². The first-order chi connectivity index (χ1) is 7.62. The smallest absolute Gasteiger partial charge is 0.0125 e. The predicted molar refractivity (Wildman–Crippen MR) is 74.7 cm³/mol. The Morgan fingerprint density at radius 1 is 0.688 bits per heavy atom. The Bertz CT molecular complexity index is 140. The highest BCUT2D eigenvalue weighted by atomic mass is 14.7. The molecule has 0 fully saturated rings. The second-order valence-corrected chi connectivity index (χ2v) is 5.63. The molecule has 0 radical (unpaired) electrons. The van der Waals surface area contributed by atoms with Crippen molar-refractivity contribution in [3.05, 3.63) is 0 Å². The number of nitrogens with two attached hydrogens (primary N) is 1. The number of unbranched alkanes of at least 4 members (excludes halogenated alkanes) is 7. The fraction of sp³-hybridized carbons (Fsp3) is 1.00. The first kappa shape index (κ1) is 16.0. The van der Waals surface area contributed by atoms with Crippen molar-refractivity contribution in [3.63, 3.8) is 0 Å².